The molecule has 0 saturated heterocycles. The largest absolute Gasteiger partial charge is 0.392 e. The quantitative estimate of drug-likeness (QED) is 0.380. The summed E-state index contributed by atoms with van der Waals surface area (Å²) in [6.07, 6.45) is 15.9. The van der Waals surface area contributed by atoms with Gasteiger partial charge in [-0.25, -0.2) is 0 Å². The number of aliphatic hydroxyl groups is 2. The summed E-state index contributed by atoms with van der Waals surface area (Å²) in [7, 11) is 0. The minimum Gasteiger partial charge on any atom is -0.392 e. The van der Waals surface area contributed by atoms with Crippen LogP contribution >= 0.6 is 0 Å². The standard InChI is InChI=1S/C28H39NO3/c30-26(22-11-5-6-12-22)15-14-24-25-17-21(16-23(25)18-27(24)31)10-4-7-13-28(32)29-19-20-8-2-1-3-9-20/h1-3,8-10,14-15,22-27,30-31H,4-7,11-13,16-19H2,(H,29,32)/t23-,24+,25-,26+,27+/m0/s1. The van der Waals surface area contributed by atoms with Crippen molar-refractivity contribution in [2.75, 3.05) is 0 Å². The highest BCUT2D eigenvalue weighted by atomic mass is 16.3. The Kier molecular flexibility index (Phi) is 8.20. The normalized spacial score (nSPS) is 30.2. The fourth-order valence-electron chi connectivity index (χ4n) is 6.09. The Morgan fingerprint density at radius 3 is 2.72 bits per heavy atom. The highest BCUT2D eigenvalue weighted by Gasteiger charge is 2.45. The van der Waals surface area contributed by atoms with Gasteiger partial charge >= 0.3 is 0 Å². The summed E-state index contributed by atoms with van der Waals surface area (Å²) in [6, 6.07) is 10.0. The van der Waals surface area contributed by atoms with Crippen LogP contribution in [-0.2, 0) is 11.3 Å². The zero-order chi connectivity index (χ0) is 22.3. The van der Waals surface area contributed by atoms with Gasteiger partial charge < -0.3 is 15.5 Å². The van der Waals surface area contributed by atoms with Gasteiger partial charge in [-0.1, -0.05) is 67.0 Å². The number of carbonyl (C=O) groups is 1. The molecule has 0 aromatic heterocycles. The first-order valence-electron chi connectivity index (χ1n) is 12.6. The number of fused-ring (bicyclic) bond motifs is 1. The first kappa shape index (κ1) is 23.3. The Morgan fingerprint density at radius 2 is 1.94 bits per heavy atom. The number of aliphatic hydroxyl groups excluding tert-OH is 2. The monoisotopic (exact) mass is 437 g/mol. The lowest BCUT2D eigenvalue weighted by molar-refractivity contribution is -0.121. The van der Waals surface area contributed by atoms with Gasteiger partial charge in [0.15, 0.2) is 0 Å². The van der Waals surface area contributed by atoms with E-state index in [1.165, 1.54) is 18.4 Å². The van der Waals surface area contributed by atoms with Gasteiger partial charge in [-0.15, -0.1) is 0 Å². The maximum atomic E-state index is 12.1. The van der Waals surface area contributed by atoms with E-state index in [1.54, 1.807) is 0 Å². The summed E-state index contributed by atoms with van der Waals surface area (Å²) in [4.78, 5) is 12.1. The number of hydrogen-bond acceptors (Lipinski definition) is 3. The summed E-state index contributed by atoms with van der Waals surface area (Å²) in [5.41, 5.74) is 2.62. The van der Waals surface area contributed by atoms with E-state index in [0.29, 0.717) is 30.7 Å². The van der Waals surface area contributed by atoms with Crippen molar-refractivity contribution in [3.05, 3.63) is 59.7 Å². The fourth-order valence-corrected chi connectivity index (χ4v) is 6.09. The average Bonchev–Trinajstić information content (AvgIpc) is 3.52. The molecule has 0 heterocycles. The van der Waals surface area contributed by atoms with E-state index in [0.717, 1.165) is 50.5 Å². The van der Waals surface area contributed by atoms with Gasteiger partial charge in [-0.2, -0.15) is 0 Å². The van der Waals surface area contributed by atoms with E-state index in [-0.39, 0.29) is 24.0 Å². The Labute approximate surface area is 192 Å². The molecular formula is C28H39NO3. The van der Waals surface area contributed by atoms with Crippen molar-refractivity contribution in [1.82, 2.24) is 5.32 Å². The third-order valence-electron chi connectivity index (χ3n) is 7.90. The van der Waals surface area contributed by atoms with E-state index in [2.05, 4.69) is 17.5 Å². The van der Waals surface area contributed by atoms with Gasteiger partial charge in [0.2, 0.25) is 5.91 Å². The molecule has 1 amide bonds. The highest BCUT2D eigenvalue weighted by molar-refractivity contribution is 5.75. The smallest absolute Gasteiger partial charge is 0.220 e. The molecule has 1 aromatic rings. The molecule has 0 spiro atoms. The number of benzene rings is 1. The van der Waals surface area contributed by atoms with Crippen LogP contribution in [0.2, 0.25) is 0 Å². The predicted molar refractivity (Wildman–Crippen MR) is 128 cm³/mol. The molecule has 5 atom stereocenters. The zero-order valence-corrected chi connectivity index (χ0v) is 19.2. The van der Waals surface area contributed by atoms with Crippen molar-refractivity contribution in [3.8, 4) is 0 Å². The van der Waals surface area contributed by atoms with Gasteiger partial charge in [0.05, 0.1) is 12.2 Å². The second-order valence-electron chi connectivity index (χ2n) is 10.1. The van der Waals surface area contributed by atoms with E-state index in [1.807, 2.05) is 36.4 Å². The minimum atomic E-state index is -0.354. The van der Waals surface area contributed by atoms with Gasteiger partial charge in [-0.3, -0.25) is 4.79 Å². The first-order valence-corrected chi connectivity index (χ1v) is 12.6. The molecule has 0 bridgehead atoms. The predicted octanol–water partition coefficient (Wildman–Crippen LogP) is 4.91. The molecule has 32 heavy (non-hydrogen) atoms. The number of unbranched alkanes of at least 4 members (excludes halogenated alkanes) is 1. The Morgan fingerprint density at radius 1 is 1.16 bits per heavy atom. The van der Waals surface area contributed by atoms with Crippen LogP contribution in [0.15, 0.2) is 54.1 Å². The lowest BCUT2D eigenvalue weighted by Crippen LogP contribution is -2.22. The average molecular weight is 438 g/mol. The maximum Gasteiger partial charge on any atom is 0.220 e. The van der Waals surface area contributed by atoms with Crippen molar-refractivity contribution in [2.24, 2.45) is 23.7 Å². The molecule has 1 aromatic carbocycles. The van der Waals surface area contributed by atoms with Crippen LogP contribution in [0.1, 0.15) is 69.8 Å². The number of allylic oxidation sites excluding steroid dienone is 2. The van der Waals surface area contributed by atoms with Crippen molar-refractivity contribution < 1.29 is 15.0 Å². The number of rotatable bonds is 9. The molecule has 174 valence electrons. The van der Waals surface area contributed by atoms with Crippen molar-refractivity contribution in [1.29, 1.82) is 0 Å². The number of amides is 1. The van der Waals surface area contributed by atoms with Gasteiger partial charge in [0, 0.05) is 18.9 Å². The molecule has 0 radical (unpaired) electrons. The summed E-state index contributed by atoms with van der Waals surface area (Å²) >= 11 is 0. The Balaban J connectivity index is 1.19. The Bertz CT molecular complexity index is 796. The number of hydrogen-bond donors (Lipinski definition) is 3. The lowest BCUT2D eigenvalue weighted by atomic mass is 9.89. The van der Waals surface area contributed by atoms with Crippen LogP contribution in [0, 0.1) is 23.7 Å². The first-order chi connectivity index (χ1) is 15.6. The third kappa shape index (κ3) is 6.11. The molecule has 4 rings (SSSR count). The molecule has 0 unspecified atom stereocenters. The molecule has 0 aliphatic heterocycles. The van der Waals surface area contributed by atoms with Crippen LogP contribution in [0.25, 0.3) is 0 Å². The number of nitrogens with one attached hydrogen (secondary N) is 1. The number of carbonyl (C=O) groups excluding carboxylic acids is 1. The topological polar surface area (TPSA) is 69.6 Å². The van der Waals surface area contributed by atoms with Crippen molar-refractivity contribution >= 4 is 5.91 Å². The SMILES string of the molecule is O=C(CCCC=C1C[C@H]2C[C@@H](O)[C@H](C=C[C@@H](O)C3CCCC3)[C@H]2C1)NCc1ccccc1. The van der Waals surface area contributed by atoms with Crippen LogP contribution in [0.5, 0.6) is 0 Å². The molecule has 3 N–H and O–H groups in total. The lowest BCUT2D eigenvalue weighted by Gasteiger charge is -2.19. The fraction of sp³-hybridized carbons (Fsp3) is 0.607. The second-order valence-corrected chi connectivity index (χ2v) is 10.1. The van der Waals surface area contributed by atoms with Crippen LogP contribution in [-0.4, -0.2) is 28.3 Å². The molecular weight excluding hydrogens is 398 g/mol. The Hall–Kier alpha value is -1.91. The molecule has 3 aliphatic rings. The molecule has 3 fully saturated rings. The summed E-state index contributed by atoms with van der Waals surface area (Å²) < 4.78 is 0. The minimum absolute atomic E-state index is 0.115. The summed E-state index contributed by atoms with van der Waals surface area (Å²) in [6.45, 7) is 0.594. The maximum absolute atomic E-state index is 12.1. The van der Waals surface area contributed by atoms with E-state index in [9.17, 15) is 15.0 Å². The molecule has 3 saturated carbocycles. The second kappa shape index (κ2) is 11.3. The van der Waals surface area contributed by atoms with Crippen LogP contribution < -0.4 is 5.32 Å². The van der Waals surface area contributed by atoms with Gasteiger partial charge in [0.25, 0.3) is 0 Å². The summed E-state index contributed by atoms with van der Waals surface area (Å²) in [5.74, 6) is 1.75. The molecule has 4 nitrogen and oxygen atoms in total. The van der Waals surface area contributed by atoms with E-state index in [4.69, 9.17) is 0 Å². The van der Waals surface area contributed by atoms with Crippen molar-refractivity contribution in [2.45, 2.75) is 83.0 Å². The highest BCUT2D eigenvalue weighted by Crippen LogP contribution is 2.50. The van der Waals surface area contributed by atoms with E-state index >= 15 is 0 Å². The van der Waals surface area contributed by atoms with Gasteiger partial charge in [0.1, 0.15) is 0 Å². The van der Waals surface area contributed by atoms with Crippen LogP contribution in [0.4, 0.5) is 0 Å². The summed E-state index contributed by atoms with van der Waals surface area (Å²) in [5, 5.41) is 24.0. The third-order valence-corrected chi connectivity index (χ3v) is 7.90. The van der Waals surface area contributed by atoms with Gasteiger partial charge in [-0.05, 0) is 68.3 Å². The van der Waals surface area contributed by atoms with E-state index < -0.39 is 0 Å². The molecule has 3 aliphatic carbocycles. The molecule has 4 heteroatoms. The van der Waals surface area contributed by atoms with Crippen molar-refractivity contribution in [3.63, 3.8) is 0 Å². The van der Waals surface area contributed by atoms with Crippen LogP contribution in [0.3, 0.4) is 0 Å². The zero-order valence-electron chi connectivity index (χ0n) is 19.2.